The summed E-state index contributed by atoms with van der Waals surface area (Å²) in [5, 5.41) is 9.56. The van der Waals surface area contributed by atoms with Gasteiger partial charge in [-0.3, -0.25) is 0 Å². The van der Waals surface area contributed by atoms with Crippen LogP contribution in [-0.2, 0) is 0 Å². The minimum Gasteiger partial charge on any atom is -0.508 e. The summed E-state index contributed by atoms with van der Waals surface area (Å²) in [5.74, 6) is 0.887. The van der Waals surface area contributed by atoms with Crippen LogP contribution in [0.4, 0.5) is 0 Å². The topological polar surface area (TPSA) is 55.5 Å². The predicted octanol–water partition coefficient (Wildman–Crippen LogP) is 2.40. The molecule has 0 heterocycles. The molecule has 1 atom stereocenters. The van der Waals surface area contributed by atoms with Crippen molar-refractivity contribution < 1.29 is 9.84 Å². The Hall–Kier alpha value is -1.19. The van der Waals surface area contributed by atoms with Gasteiger partial charge in [-0.2, -0.15) is 0 Å². The smallest absolute Gasteiger partial charge is 0.120 e. The highest BCUT2D eigenvalue weighted by atomic mass is 35.5. The third-order valence-electron chi connectivity index (χ3n) is 2.05. The average Bonchev–Trinajstić information content (AvgIpc) is 2.19. The highest BCUT2D eigenvalue weighted by Crippen LogP contribution is 2.28. The number of hydrogen-bond donors (Lipinski definition) is 2. The van der Waals surface area contributed by atoms with Gasteiger partial charge in [0.25, 0.3) is 0 Å². The zero-order chi connectivity index (χ0) is 10.6. The average molecular weight is 230 g/mol. The molecule has 0 amide bonds. The number of rotatable bonds is 4. The first-order valence-corrected chi connectivity index (χ1v) is 4.42. The number of benzene rings is 1. The standard InChI is InChI=1S/C11H15NO2.ClH/c1-3-4-10(12)9-7-8(14-2)5-6-11(9)13;/h3,5-7,10,13H,1,4,12H2,2H3;1H/t10-;/m0./s1. The van der Waals surface area contributed by atoms with Gasteiger partial charge in [0.15, 0.2) is 0 Å². The quantitative estimate of drug-likeness (QED) is 0.780. The van der Waals surface area contributed by atoms with Crippen molar-refractivity contribution in [1.82, 2.24) is 0 Å². The fourth-order valence-corrected chi connectivity index (χ4v) is 1.26. The SMILES string of the molecule is C=CC[C@H](N)c1cc(OC)ccc1O.Cl. The fourth-order valence-electron chi connectivity index (χ4n) is 1.26. The van der Waals surface area contributed by atoms with Gasteiger partial charge in [0, 0.05) is 11.6 Å². The maximum atomic E-state index is 9.56. The van der Waals surface area contributed by atoms with Crippen LogP contribution in [-0.4, -0.2) is 12.2 Å². The van der Waals surface area contributed by atoms with E-state index in [2.05, 4.69) is 6.58 Å². The Labute approximate surface area is 96.0 Å². The molecule has 4 heteroatoms. The van der Waals surface area contributed by atoms with E-state index in [1.54, 1.807) is 31.4 Å². The summed E-state index contributed by atoms with van der Waals surface area (Å²) in [6.45, 7) is 3.61. The first-order valence-electron chi connectivity index (χ1n) is 4.42. The molecule has 0 fully saturated rings. The van der Waals surface area contributed by atoms with Crippen LogP contribution >= 0.6 is 12.4 Å². The zero-order valence-electron chi connectivity index (χ0n) is 8.64. The van der Waals surface area contributed by atoms with E-state index in [4.69, 9.17) is 10.5 Å². The monoisotopic (exact) mass is 229 g/mol. The number of ether oxygens (including phenoxy) is 1. The molecule has 0 radical (unpaired) electrons. The number of phenols is 1. The first kappa shape index (κ1) is 13.8. The maximum Gasteiger partial charge on any atom is 0.120 e. The van der Waals surface area contributed by atoms with Gasteiger partial charge in [0.1, 0.15) is 11.5 Å². The summed E-state index contributed by atoms with van der Waals surface area (Å²) in [5.41, 5.74) is 6.53. The minimum absolute atomic E-state index is 0. The highest BCUT2D eigenvalue weighted by molar-refractivity contribution is 5.85. The van der Waals surface area contributed by atoms with Gasteiger partial charge >= 0.3 is 0 Å². The Kier molecular flexibility index (Phi) is 5.82. The number of nitrogens with two attached hydrogens (primary N) is 1. The van der Waals surface area contributed by atoms with E-state index in [9.17, 15) is 5.11 Å². The lowest BCUT2D eigenvalue weighted by Crippen LogP contribution is -2.09. The van der Waals surface area contributed by atoms with Crippen LogP contribution in [0, 0.1) is 0 Å². The third kappa shape index (κ3) is 3.46. The summed E-state index contributed by atoms with van der Waals surface area (Å²) >= 11 is 0. The third-order valence-corrected chi connectivity index (χ3v) is 2.05. The van der Waals surface area contributed by atoms with Gasteiger partial charge < -0.3 is 15.6 Å². The van der Waals surface area contributed by atoms with Gasteiger partial charge in [0.05, 0.1) is 7.11 Å². The molecule has 15 heavy (non-hydrogen) atoms. The van der Waals surface area contributed by atoms with Gasteiger partial charge in [-0.1, -0.05) is 6.08 Å². The van der Waals surface area contributed by atoms with E-state index in [1.807, 2.05) is 0 Å². The molecule has 1 rings (SSSR count). The normalized spacial score (nSPS) is 11.3. The Bertz CT molecular complexity index is 328. The number of aromatic hydroxyl groups is 1. The Morgan fingerprint density at radius 2 is 2.27 bits per heavy atom. The summed E-state index contributed by atoms with van der Waals surface area (Å²) in [7, 11) is 1.58. The summed E-state index contributed by atoms with van der Waals surface area (Å²) in [6.07, 6.45) is 2.35. The lowest BCUT2D eigenvalue weighted by molar-refractivity contribution is 0.409. The molecule has 3 N–H and O–H groups in total. The van der Waals surface area contributed by atoms with E-state index in [-0.39, 0.29) is 24.2 Å². The molecule has 1 aromatic carbocycles. The molecule has 0 aliphatic rings. The lowest BCUT2D eigenvalue weighted by Gasteiger charge is -2.12. The van der Waals surface area contributed by atoms with Crippen molar-refractivity contribution >= 4 is 12.4 Å². The summed E-state index contributed by atoms with van der Waals surface area (Å²) < 4.78 is 5.05. The molecule has 0 aliphatic carbocycles. The van der Waals surface area contributed by atoms with Crippen molar-refractivity contribution in [3.05, 3.63) is 36.4 Å². The minimum atomic E-state index is -0.234. The van der Waals surface area contributed by atoms with Crippen LogP contribution in [0.1, 0.15) is 18.0 Å². The Morgan fingerprint density at radius 1 is 1.60 bits per heavy atom. The molecular weight excluding hydrogens is 214 g/mol. The molecule has 0 aliphatic heterocycles. The molecule has 0 unspecified atom stereocenters. The van der Waals surface area contributed by atoms with Crippen LogP contribution in [0.3, 0.4) is 0 Å². The summed E-state index contributed by atoms with van der Waals surface area (Å²) in [4.78, 5) is 0. The highest BCUT2D eigenvalue weighted by Gasteiger charge is 2.10. The molecule has 1 aromatic rings. The summed E-state index contributed by atoms with van der Waals surface area (Å²) in [6, 6.07) is 4.78. The molecule has 0 aromatic heterocycles. The zero-order valence-corrected chi connectivity index (χ0v) is 9.46. The van der Waals surface area contributed by atoms with E-state index >= 15 is 0 Å². The van der Waals surface area contributed by atoms with Crippen LogP contribution < -0.4 is 10.5 Å². The molecule has 0 spiro atoms. The first-order chi connectivity index (χ1) is 6.69. The van der Waals surface area contributed by atoms with Crippen LogP contribution in [0.15, 0.2) is 30.9 Å². The van der Waals surface area contributed by atoms with Crippen LogP contribution in [0.25, 0.3) is 0 Å². The molecule has 84 valence electrons. The van der Waals surface area contributed by atoms with E-state index in [1.165, 1.54) is 0 Å². The lowest BCUT2D eigenvalue weighted by atomic mass is 10.0. The van der Waals surface area contributed by atoms with Gasteiger partial charge in [0.2, 0.25) is 0 Å². The molecule has 0 saturated carbocycles. The van der Waals surface area contributed by atoms with Crippen molar-refractivity contribution in [3.63, 3.8) is 0 Å². The Balaban J connectivity index is 0.00000196. The van der Waals surface area contributed by atoms with Gasteiger partial charge in [-0.15, -0.1) is 19.0 Å². The second kappa shape index (κ2) is 6.32. The Morgan fingerprint density at radius 3 is 2.80 bits per heavy atom. The molecule has 0 bridgehead atoms. The van der Waals surface area contributed by atoms with Crippen LogP contribution in [0.2, 0.25) is 0 Å². The molecular formula is C11H16ClNO2. The maximum absolute atomic E-state index is 9.56. The molecule has 0 saturated heterocycles. The van der Waals surface area contributed by atoms with Crippen molar-refractivity contribution in [2.75, 3.05) is 7.11 Å². The van der Waals surface area contributed by atoms with Crippen molar-refractivity contribution in [2.24, 2.45) is 5.73 Å². The van der Waals surface area contributed by atoms with Crippen molar-refractivity contribution in [1.29, 1.82) is 0 Å². The molecule has 3 nitrogen and oxygen atoms in total. The van der Waals surface area contributed by atoms with Crippen LogP contribution in [0.5, 0.6) is 11.5 Å². The van der Waals surface area contributed by atoms with Gasteiger partial charge in [-0.25, -0.2) is 0 Å². The second-order valence-electron chi connectivity index (χ2n) is 3.06. The van der Waals surface area contributed by atoms with Gasteiger partial charge in [-0.05, 0) is 24.6 Å². The number of phenolic OH excluding ortho intramolecular Hbond substituents is 1. The van der Waals surface area contributed by atoms with Crippen molar-refractivity contribution in [2.45, 2.75) is 12.5 Å². The van der Waals surface area contributed by atoms with E-state index < -0.39 is 0 Å². The second-order valence-corrected chi connectivity index (χ2v) is 3.06. The number of methoxy groups -OCH3 is 1. The predicted molar refractivity (Wildman–Crippen MR) is 63.6 cm³/mol. The largest absolute Gasteiger partial charge is 0.508 e. The van der Waals surface area contributed by atoms with E-state index in [0.717, 1.165) is 0 Å². The number of hydrogen-bond acceptors (Lipinski definition) is 3. The number of halogens is 1. The fraction of sp³-hybridized carbons (Fsp3) is 0.273. The van der Waals surface area contributed by atoms with Crippen molar-refractivity contribution in [3.8, 4) is 11.5 Å². The van der Waals surface area contributed by atoms with E-state index in [0.29, 0.717) is 17.7 Å².